The summed E-state index contributed by atoms with van der Waals surface area (Å²) in [6.45, 7) is 0. The fraction of sp³-hybridized carbons (Fsp3) is 0.143. The Kier molecular flexibility index (Phi) is 38.4. The van der Waals surface area contributed by atoms with Crippen LogP contribution >= 0.6 is 23.2 Å². The van der Waals surface area contributed by atoms with E-state index in [2.05, 4.69) is 48.1 Å². The first kappa shape index (κ1) is 17.0. The van der Waals surface area contributed by atoms with Crippen LogP contribution in [0.4, 0.5) is 0 Å². The molecule has 1 aliphatic rings. The average molecular weight is 212 g/mol. The van der Waals surface area contributed by atoms with Crippen molar-refractivity contribution in [3.63, 3.8) is 0 Å². The minimum Gasteiger partial charge on any atom is -0.352 e. The zero-order chi connectivity index (χ0) is 7.54. The monoisotopic (exact) mass is 211 g/mol. The summed E-state index contributed by atoms with van der Waals surface area (Å²) in [5, 5.41) is 0. The van der Waals surface area contributed by atoms with Gasteiger partial charge in [0.1, 0.15) is 0 Å². The molecule has 0 N–H and O–H groups in total. The normalized spacial score (nSPS) is 10.0. The molecule has 1 radical (unpaired) electrons. The molecule has 0 fully saturated rings. The van der Waals surface area contributed by atoms with E-state index in [-0.39, 0.29) is 21.7 Å². The number of hydrogen-bond donors (Lipinski definition) is 0. The molecule has 1 rings (SSSR count). The van der Waals surface area contributed by atoms with Gasteiger partial charge in [0.25, 0.3) is 0 Å². The van der Waals surface area contributed by atoms with Gasteiger partial charge in [-0.1, -0.05) is 0 Å². The van der Waals surface area contributed by atoms with E-state index in [0.29, 0.717) is 0 Å². The van der Waals surface area contributed by atoms with Crippen LogP contribution in [0.5, 0.6) is 0 Å². The number of halogens is 2. The summed E-state index contributed by atoms with van der Waals surface area (Å²) in [5.74, 6) is 0. The van der Waals surface area contributed by atoms with Crippen molar-refractivity contribution >= 4 is 23.2 Å². The molecular weight excluding hydrogens is 203 g/mol. The molecule has 3 heteroatoms. The topological polar surface area (TPSA) is 0 Å². The summed E-state index contributed by atoms with van der Waals surface area (Å²) in [6.07, 6.45) is 15.4. The van der Waals surface area contributed by atoms with E-state index in [9.17, 15) is 0 Å². The Bertz CT molecular complexity index is 69.7. The van der Waals surface area contributed by atoms with E-state index in [0.717, 1.165) is 6.42 Å². The Morgan fingerprint density at radius 1 is 1.20 bits per heavy atom. The summed E-state index contributed by atoms with van der Waals surface area (Å²) in [6, 6.07) is 0. The standard InChI is InChI=1S/C5H5.2CH2Cl.Ti/c1-2-4-5-3-1;2*1-2;/h1-3H,4H2;2*1H2;/q3*-1;+3. The number of allylic oxidation sites excluding steroid dienone is 4. The molecular formula is C7H9Cl2Ti. The molecule has 0 aromatic heterocycles. The van der Waals surface area contributed by atoms with Gasteiger partial charge in [-0.15, -0.1) is 6.42 Å². The van der Waals surface area contributed by atoms with Gasteiger partial charge in [0.05, 0.1) is 0 Å². The second-order valence-electron chi connectivity index (χ2n) is 1.00. The Morgan fingerprint density at radius 2 is 1.70 bits per heavy atom. The first-order chi connectivity index (χ1) is 4.50. The van der Waals surface area contributed by atoms with E-state index in [1.165, 1.54) is 0 Å². The van der Waals surface area contributed by atoms with Gasteiger partial charge in [-0.3, -0.25) is 18.8 Å². The molecule has 0 saturated carbocycles. The van der Waals surface area contributed by atoms with Gasteiger partial charge in [0.2, 0.25) is 0 Å². The summed E-state index contributed by atoms with van der Waals surface area (Å²) in [7, 11) is 0. The van der Waals surface area contributed by atoms with Crippen LogP contribution in [-0.4, -0.2) is 0 Å². The van der Waals surface area contributed by atoms with E-state index in [4.69, 9.17) is 0 Å². The summed E-state index contributed by atoms with van der Waals surface area (Å²) in [4.78, 5) is 0. The Labute approximate surface area is 88.2 Å². The van der Waals surface area contributed by atoms with Crippen LogP contribution in [-0.2, 0) is 21.7 Å². The third-order valence-electron chi connectivity index (χ3n) is 0.586. The Morgan fingerprint density at radius 3 is 1.80 bits per heavy atom. The van der Waals surface area contributed by atoms with Crippen LogP contribution in [0.2, 0.25) is 0 Å². The molecule has 10 heavy (non-hydrogen) atoms. The quantitative estimate of drug-likeness (QED) is 0.426. The molecule has 0 aliphatic heterocycles. The Balaban J connectivity index is -0.0000000875. The van der Waals surface area contributed by atoms with Gasteiger partial charge >= 0.3 is 21.7 Å². The van der Waals surface area contributed by atoms with Gasteiger partial charge in [-0.2, -0.15) is 6.08 Å². The van der Waals surface area contributed by atoms with Crippen LogP contribution in [0, 0.1) is 18.8 Å². The maximum Gasteiger partial charge on any atom is 3.00 e. The van der Waals surface area contributed by atoms with Crippen LogP contribution in [0.15, 0.2) is 18.2 Å². The van der Waals surface area contributed by atoms with Gasteiger partial charge in [-0.05, 0) is 0 Å². The predicted octanol–water partition coefficient (Wildman–Crippen LogP) is 3.34. The second-order valence-corrected chi connectivity index (χ2v) is 1.00. The zero-order valence-electron chi connectivity index (χ0n) is 5.61. The van der Waals surface area contributed by atoms with Gasteiger partial charge in [-0.25, -0.2) is 12.2 Å². The molecule has 0 spiro atoms. The predicted molar refractivity (Wildman–Crippen MR) is 44.0 cm³/mol. The largest absolute Gasteiger partial charge is 3.00 e. The SMILES string of the molecule is [C-]1=CC=CC1.[CH2-]Cl.[CH2-]Cl.[Ti+3]. The first-order valence-electron chi connectivity index (χ1n) is 2.25. The second kappa shape index (κ2) is 22.6. The van der Waals surface area contributed by atoms with E-state index >= 15 is 0 Å². The number of rotatable bonds is 0. The molecule has 1 aliphatic carbocycles. The van der Waals surface area contributed by atoms with Crippen molar-refractivity contribution in [1.82, 2.24) is 0 Å². The van der Waals surface area contributed by atoms with Crippen LogP contribution in [0.3, 0.4) is 0 Å². The van der Waals surface area contributed by atoms with Gasteiger partial charge < -0.3 is 23.2 Å². The van der Waals surface area contributed by atoms with Crippen molar-refractivity contribution in [3.05, 3.63) is 37.1 Å². The molecule has 0 aromatic carbocycles. The van der Waals surface area contributed by atoms with Crippen molar-refractivity contribution < 1.29 is 21.7 Å². The van der Waals surface area contributed by atoms with Crippen molar-refractivity contribution in [3.8, 4) is 0 Å². The zero-order valence-corrected chi connectivity index (χ0v) is 8.68. The van der Waals surface area contributed by atoms with Gasteiger partial charge in [0, 0.05) is 0 Å². The van der Waals surface area contributed by atoms with Gasteiger partial charge in [0.15, 0.2) is 0 Å². The summed E-state index contributed by atoms with van der Waals surface area (Å²) in [5.41, 5.74) is 0. The average Bonchev–Trinajstić information content (AvgIpc) is 2.51. The molecule has 0 amide bonds. The molecule has 0 atom stereocenters. The van der Waals surface area contributed by atoms with Crippen molar-refractivity contribution in [2.45, 2.75) is 6.42 Å². The van der Waals surface area contributed by atoms with E-state index in [1.807, 2.05) is 12.2 Å². The van der Waals surface area contributed by atoms with Crippen LogP contribution < -0.4 is 0 Å². The molecule has 0 nitrogen and oxygen atoms in total. The third-order valence-corrected chi connectivity index (χ3v) is 0.586. The Hall–Kier alpha value is 0.774. The fourth-order valence-corrected chi connectivity index (χ4v) is 0.340. The molecule has 0 unspecified atom stereocenters. The third kappa shape index (κ3) is 15.9. The molecule has 0 bridgehead atoms. The minimum atomic E-state index is 0. The summed E-state index contributed by atoms with van der Waals surface area (Å²) >= 11 is 8.78. The maximum absolute atomic E-state index is 4.39. The van der Waals surface area contributed by atoms with E-state index in [1.54, 1.807) is 0 Å². The fourth-order valence-electron chi connectivity index (χ4n) is 0.340. The molecule has 0 aromatic rings. The minimum absolute atomic E-state index is 0. The smallest absolute Gasteiger partial charge is 0.352 e. The van der Waals surface area contributed by atoms with Crippen molar-refractivity contribution in [2.75, 3.05) is 0 Å². The first-order valence-corrected chi connectivity index (χ1v) is 3.32. The van der Waals surface area contributed by atoms with Crippen molar-refractivity contribution in [2.24, 2.45) is 0 Å². The molecule has 55 valence electrons. The van der Waals surface area contributed by atoms with Crippen LogP contribution in [0.25, 0.3) is 0 Å². The molecule has 0 saturated heterocycles. The van der Waals surface area contributed by atoms with Crippen LogP contribution in [0.1, 0.15) is 6.42 Å². The van der Waals surface area contributed by atoms with Crippen molar-refractivity contribution in [1.29, 1.82) is 0 Å². The summed E-state index contributed by atoms with van der Waals surface area (Å²) < 4.78 is 0. The molecule has 0 heterocycles. The number of hydrogen-bond acceptors (Lipinski definition) is 0. The maximum atomic E-state index is 4.39. The van der Waals surface area contributed by atoms with E-state index < -0.39 is 0 Å².